The molecule has 0 unspecified atom stereocenters. The summed E-state index contributed by atoms with van der Waals surface area (Å²) in [5.41, 5.74) is -0.720. The van der Waals surface area contributed by atoms with Crippen molar-refractivity contribution in [1.29, 1.82) is 0 Å². The molecule has 0 aliphatic rings. The Hall–Kier alpha value is -1.04. The highest BCUT2D eigenvalue weighted by Gasteiger charge is 2.36. The summed E-state index contributed by atoms with van der Waals surface area (Å²) < 4.78 is 37.7. The smallest absolute Gasteiger partial charge is 0.394 e. The van der Waals surface area contributed by atoms with Gasteiger partial charge in [-0.3, -0.25) is 4.68 Å². The number of rotatable bonds is 2. The van der Waals surface area contributed by atoms with E-state index in [1.54, 1.807) is 0 Å². The number of hydrogen-bond acceptors (Lipinski definition) is 2. The zero-order valence-corrected chi connectivity index (χ0v) is 6.97. The van der Waals surface area contributed by atoms with Crippen LogP contribution in [-0.2, 0) is 12.7 Å². The number of aryl methyl sites for hydroxylation is 1. The van der Waals surface area contributed by atoms with Crippen LogP contribution in [0.15, 0.2) is 6.20 Å². The molecule has 1 rings (SSSR count). The molecule has 0 fully saturated rings. The maximum Gasteiger partial charge on any atom is 0.433 e. The molecule has 0 saturated carbocycles. The van der Waals surface area contributed by atoms with E-state index < -0.39 is 11.9 Å². The van der Waals surface area contributed by atoms with E-state index in [0.29, 0.717) is 0 Å². The topological polar surface area (TPSA) is 38.0 Å². The van der Waals surface area contributed by atoms with Crippen LogP contribution < -0.4 is 0 Å². The highest BCUT2D eigenvalue weighted by atomic mass is 19.4. The molecule has 0 aromatic carbocycles. The van der Waals surface area contributed by atoms with Crippen LogP contribution in [0.3, 0.4) is 0 Å². The van der Waals surface area contributed by atoms with E-state index in [2.05, 4.69) is 5.10 Å². The molecular formula is C7H9F3N2O. The molecule has 0 bridgehead atoms. The van der Waals surface area contributed by atoms with E-state index in [9.17, 15) is 13.2 Å². The second-order valence-electron chi connectivity index (χ2n) is 2.62. The fourth-order valence-corrected chi connectivity index (χ4v) is 1.11. The first-order chi connectivity index (χ1) is 5.96. The molecule has 74 valence electrons. The van der Waals surface area contributed by atoms with Gasteiger partial charge in [0.15, 0.2) is 0 Å². The lowest BCUT2D eigenvalue weighted by molar-refractivity contribution is -0.144. The minimum Gasteiger partial charge on any atom is -0.394 e. The van der Waals surface area contributed by atoms with E-state index in [1.807, 2.05) is 0 Å². The first-order valence-electron chi connectivity index (χ1n) is 3.67. The average molecular weight is 194 g/mol. The van der Waals surface area contributed by atoms with Crippen LogP contribution >= 0.6 is 0 Å². The number of aliphatic hydroxyl groups is 1. The summed E-state index contributed by atoms with van der Waals surface area (Å²) in [7, 11) is 0. The molecule has 0 aliphatic heterocycles. The summed E-state index contributed by atoms with van der Waals surface area (Å²) in [4.78, 5) is 0. The monoisotopic (exact) mass is 194 g/mol. The Labute approximate surface area is 72.8 Å². The lowest BCUT2D eigenvalue weighted by atomic mass is 10.3. The predicted molar refractivity (Wildman–Crippen MR) is 39.1 cm³/mol. The maximum atomic E-state index is 12.3. The molecule has 0 aliphatic carbocycles. The molecule has 0 spiro atoms. The van der Waals surface area contributed by atoms with Gasteiger partial charge in [0, 0.05) is 0 Å². The summed E-state index contributed by atoms with van der Waals surface area (Å²) in [5.74, 6) is 0. The summed E-state index contributed by atoms with van der Waals surface area (Å²) in [5, 5.41) is 12.0. The molecule has 0 atom stereocenters. The van der Waals surface area contributed by atoms with Crippen molar-refractivity contribution in [3.05, 3.63) is 17.5 Å². The van der Waals surface area contributed by atoms with Crippen LogP contribution in [-0.4, -0.2) is 21.5 Å². The van der Waals surface area contributed by atoms with Crippen LogP contribution in [0.25, 0.3) is 0 Å². The molecule has 3 nitrogen and oxygen atoms in total. The predicted octanol–water partition coefficient (Wildman–Crippen LogP) is 1.20. The first-order valence-corrected chi connectivity index (χ1v) is 3.67. The Morgan fingerprint density at radius 1 is 1.54 bits per heavy atom. The Morgan fingerprint density at radius 2 is 2.15 bits per heavy atom. The Bertz CT molecular complexity index is 292. The second kappa shape index (κ2) is 3.37. The first kappa shape index (κ1) is 10.0. The van der Waals surface area contributed by atoms with Gasteiger partial charge in [0.05, 0.1) is 19.3 Å². The van der Waals surface area contributed by atoms with Gasteiger partial charge in [-0.25, -0.2) is 0 Å². The number of aliphatic hydroxyl groups excluding tert-OH is 1. The molecule has 1 aromatic rings. The number of hydrogen-bond donors (Lipinski definition) is 1. The number of aromatic nitrogens is 2. The highest BCUT2D eigenvalue weighted by molar-refractivity contribution is 5.18. The third kappa shape index (κ3) is 2.00. The van der Waals surface area contributed by atoms with Crippen LogP contribution in [0.1, 0.15) is 11.3 Å². The van der Waals surface area contributed by atoms with Gasteiger partial charge in [-0.2, -0.15) is 18.3 Å². The van der Waals surface area contributed by atoms with Crippen molar-refractivity contribution in [3.8, 4) is 0 Å². The molecule has 0 amide bonds. The van der Waals surface area contributed by atoms with Crippen molar-refractivity contribution in [2.24, 2.45) is 0 Å². The van der Waals surface area contributed by atoms with Gasteiger partial charge in [0.2, 0.25) is 0 Å². The molecule has 0 saturated heterocycles. The van der Waals surface area contributed by atoms with E-state index >= 15 is 0 Å². The Morgan fingerprint density at radius 3 is 2.62 bits per heavy atom. The van der Waals surface area contributed by atoms with Crippen molar-refractivity contribution in [1.82, 2.24) is 9.78 Å². The Kier molecular flexibility index (Phi) is 2.60. The van der Waals surface area contributed by atoms with E-state index in [-0.39, 0.29) is 18.7 Å². The van der Waals surface area contributed by atoms with Crippen molar-refractivity contribution in [2.45, 2.75) is 19.6 Å². The van der Waals surface area contributed by atoms with Gasteiger partial charge in [0.1, 0.15) is 5.69 Å². The summed E-state index contributed by atoms with van der Waals surface area (Å²) in [6.45, 7) is 0.844. The van der Waals surface area contributed by atoms with Gasteiger partial charge >= 0.3 is 6.18 Å². The van der Waals surface area contributed by atoms with Gasteiger partial charge in [-0.15, -0.1) is 0 Å². The molecule has 0 radical (unpaired) electrons. The van der Waals surface area contributed by atoms with Crippen LogP contribution in [0, 0.1) is 6.92 Å². The minimum absolute atomic E-state index is 0.0703. The molecule has 13 heavy (non-hydrogen) atoms. The number of halogens is 3. The van der Waals surface area contributed by atoms with Gasteiger partial charge in [-0.1, -0.05) is 0 Å². The zero-order chi connectivity index (χ0) is 10.1. The standard InChI is InChI=1S/C7H9F3N2O/c1-5-4-11-12(2-3-13)6(5)7(8,9)10/h4,13H,2-3H2,1H3. The largest absolute Gasteiger partial charge is 0.433 e. The third-order valence-electron chi connectivity index (χ3n) is 1.60. The zero-order valence-electron chi connectivity index (χ0n) is 6.97. The fraction of sp³-hybridized carbons (Fsp3) is 0.571. The summed E-state index contributed by atoms with van der Waals surface area (Å²) in [6, 6.07) is 0. The number of nitrogens with zero attached hydrogens (tertiary/aromatic N) is 2. The van der Waals surface area contributed by atoms with Crippen molar-refractivity contribution in [3.63, 3.8) is 0 Å². The van der Waals surface area contributed by atoms with E-state index in [0.717, 1.165) is 10.9 Å². The number of alkyl halides is 3. The van der Waals surface area contributed by atoms with Gasteiger partial charge in [0.25, 0.3) is 0 Å². The third-order valence-corrected chi connectivity index (χ3v) is 1.60. The summed E-state index contributed by atoms with van der Waals surface area (Å²) >= 11 is 0. The molecular weight excluding hydrogens is 185 g/mol. The van der Waals surface area contributed by atoms with Crippen molar-refractivity contribution >= 4 is 0 Å². The lowest BCUT2D eigenvalue weighted by Gasteiger charge is -2.09. The molecule has 1 heterocycles. The molecule has 6 heteroatoms. The van der Waals surface area contributed by atoms with E-state index in [1.165, 1.54) is 6.92 Å². The van der Waals surface area contributed by atoms with Crippen molar-refractivity contribution in [2.75, 3.05) is 6.61 Å². The molecule has 1 aromatic heterocycles. The average Bonchev–Trinajstić information content (AvgIpc) is 2.31. The normalized spacial score (nSPS) is 12.1. The minimum atomic E-state index is -4.41. The fourth-order valence-electron chi connectivity index (χ4n) is 1.11. The molecule has 1 N–H and O–H groups in total. The lowest BCUT2D eigenvalue weighted by Crippen LogP contribution is -2.17. The highest BCUT2D eigenvalue weighted by Crippen LogP contribution is 2.31. The SMILES string of the molecule is Cc1cnn(CCO)c1C(F)(F)F. The van der Waals surface area contributed by atoms with Crippen molar-refractivity contribution < 1.29 is 18.3 Å². The van der Waals surface area contributed by atoms with Gasteiger partial charge < -0.3 is 5.11 Å². The quantitative estimate of drug-likeness (QED) is 0.768. The second-order valence-corrected chi connectivity index (χ2v) is 2.62. The maximum absolute atomic E-state index is 12.3. The van der Waals surface area contributed by atoms with Crippen LogP contribution in [0.4, 0.5) is 13.2 Å². The summed E-state index contributed by atoms with van der Waals surface area (Å²) in [6.07, 6.45) is -3.27. The van der Waals surface area contributed by atoms with E-state index in [4.69, 9.17) is 5.11 Å². The van der Waals surface area contributed by atoms with Crippen LogP contribution in [0.2, 0.25) is 0 Å². The van der Waals surface area contributed by atoms with Gasteiger partial charge in [-0.05, 0) is 12.5 Å². The Balaban J connectivity index is 3.09. The van der Waals surface area contributed by atoms with Crippen LogP contribution in [0.5, 0.6) is 0 Å².